The third-order valence-corrected chi connectivity index (χ3v) is 6.17. The highest BCUT2D eigenvalue weighted by Gasteiger charge is 2.41. The average Bonchev–Trinajstić information content (AvgIpc) is 3.11. The zero-order chi connectivity index (χ0) is 20.5. The Bertz CT molecular complexity index is 1060. The second-order valence-corrected chi connectivity index (χ2v) is 8.27. The molecule has 1 N–H and O–H groups in total. The van der Waals surface area contributed by atoms with Crippen LogP contribution in [-0.2, 0) is 22.7 Å². The van der Waals surface area contributed by atoms with Crippen molar-refractivity contribution >= 4 is 22.7 Å². The summed E-state index contributed by atoms with van der Waals surface area (Å²) in [5, 5.41) is 1.20. The number of amides is 2. The van der Waals surface area contributed by atoms with Crippen molar-refractivity contribution in [3.05, 3.63) is 71.9 Å². The number of piperazine rings is 1. The van der Waals surface area contributed by atoms with Crippen LogP contribution in [0.3, 0.4) is 0 Å². The molecule has 154 valence electrons. The Balaban J connectivity index is 1.33. The second kappa shape index (κ2) is 7.95. The van der Waals surface area contributed by atoms with Crippen LogP contribution < -0.4 is 0 Å². The van der Waals surface area contributed by atoms with Gasteiger partial charge in [0, 0.05) is 44.4 Å². The first-order chi connectivity index (χ1) is 14.7. The van der Waals surface area contributed by atoms with Crippen LogP contribution in [0.15, 0.2) is 60.8 Å². The lowest BCUT2D eigenvalue weighted by atomic mass is 10.1. The number of nitrogens with one attached hydrogen (secondary N) is 1. The van der Waals surface area contributed by atoms with Crippen molar-refractivity contribution in [1.82, 2.24) is 19.7 Å². The van der Waals surface area contributed by atoms with Gasteiger partial charge in [0.1, 0.15) is 12.6 Å². The number of fused-ring (bicyclic) bond motifs is 2. The Labute approximate surface area is 176 Å². The van der Waals surface area contributed by atoms with Crippen LogP contribution in [0.25, 0.3) is 10.9 Å². The van der Waals surface area contributed by atoms with Gasteiger partial charge in [0.2, 0.25) is 11.8 Å². The van der Waals surface area contributed by atoms with Gasteiger partial charge in [-0.15, -0.1) is 0 Å². The molecule has 3 aromatic rings. The third kappa shape index (κ3) is 3.71. The molecule has 1 unspecified atom stereocenters. The minimum atomic E-state index is -0.397. The highest BCUT2D eigenvalue weighted by molar-refractivity contribution is 5.95. The van der Waals surface area contributed by atoms with Gasteiger partial charge in [-0.2, -0.15) is 0 Å². The number of hydrogen-bond acceptors (Lipinski definition) is 3. The molecule has 30 heavy (non-hydrogen) atoms. The number of benzene rings is 2. The number of H-pyrrole nitrogens is 1. The molecule has 1 aromatic heterocycles. The number of carbonyl (C=O) groups is 2. The molecule has 0 aliphatic carbocycles. The van der Waals surface area contributed by atoms with Crippen molar-refractivity contribution < 1.29 is 9.59 Å². The van der Waals surface area contributed by atoms with Crippen LogP contribution in [0, 0.1) is 0 Å². The lowest BCUT2D eigenvalue weighted by molar-refractivity contribution is -0.156. The number of hydrogen-bond donors (Lipinski definition) is 1. The quantitative estimate of drug-likeness (QED) is 0.730. The maximum Gasteiger partial charge on any atom is 0.247 e. The zero-order valence-electron chi connectivity index (χ0n) is 17.0. The van der Waals surface area contributed by atoms with E-state index >= 15 is 0 Å². The largest absolute Gasteiger partial charge is 0.361 e. The van der Waals surface area contributed by atoms with Crippen LogP contribution in [-0.4, -0.2) is 63.7 Å². The molecule has 2 aliphatic rings. The Morgan fingerprint density at radius 1 is 0.933 bits per heavy atom. The molecule has 3 heterocycles. The van der Waals surface area contributed by atoms with Crippen LogP contribution in [0.2, 0.25) is 0 Å². The highest BCUT2D eigenvalue weighted by Crippen LogP contribution is 2.22. The Morgan fingerprint density at radius 2 is 1.80 bits per heavy atom. The summed E-state index contributed by atoms with van der Waals surface area (Å²) < 4.78 is 0. The summed E-state index contributed by atoms with van der Waals surface area (Å²) in [5.74, 6) is 0.121. The monoisotopic (exact) mass is 402 g/mol. The Morgan fingerprint density at radius 3 is 2.67 bits per heavy atom. The fourth-order valence-electron chi connectivity index (χ4n) is 4.64. The van der Waals surface area contributed by atoms with E-state index in [1.807, 2.05) is 36.5 Å². The number of rotatable bonds is 4. The number of nitrogens with zero attached hydrogens (tertiary/aromatic N) is 3. The summed E-state index contributed by atoms with van der Waals surface area (Å²) in [7, 11) is 0. The van der Waals surface area contributed by atoms with Crippen molar-refractivity contribution in [1.29, 1.82) is 0 Å². The minimum absolute atomic E-state index is 0.0603. The van der Waals surface area contributed by atoms with Crippen LogP contribution >= 0.6 is 0 Å². The van der Waals surface area contributed by atoms with E-state index in [0.29, 0.717) is 19.6 Å². The van der Waals surface area contributed by atoms with Gasteiger partial charge in [0.25, 0.3) is 0 Å². The van der Waals surface area contributed by atoms with Crippen LogP contribution in [0.5, 0.6) is 0 Å². The molecule has 2 fully saturated rings. The topological polar surface area (TPSA) is 59.7 Å². The highest BCUT2D eigenvalue weighted by atomic mass is 16.2. The van der Waals surface area contributed by atoms with Gasteiger partial charge in [0.05, 0.1) is 0 Å². The first-order valence-corrected chi connectivity index (χ1v) is 10.6. The molecular weight excluding hydrogens is 376 g/mol. The summed E-state index contributed by atoms with van der Waals surface area (Å²) in [6, 6.07) is 18.0. The van der Waals surface area contributed by atoms with E-state index in [2.05, 4.69) is 34.1 Å². The van der Waals surface area contributed by atoms with E-state index in [-0.39, 0.29) is 18.4 Å². The number of aromatic nitrogens is 1. The van der Waals surface area contributed by atoms with Crippen LogP contribution in [0.1, 0.15) is 17.5 Å². The van der Waals surface area contributed by atoms with Gasteiger partial charge in [-0.1, -0.05) is 42.5 Å². The molecule has 0 saturated carbocycles. The van der Waals surface area contributed by atoms with Crippen molar-refractivity contribution in [2.24, 2.45) is 0 Å². The van der Waals surface area contributed by atoms with Crippen LogP contribution in [0.4, 0.5) is 0 Å². The average molecular weight is 402 g/mol. The molecular formula is C24H26N4O2. The van der Waals surface area contributed by atoms with E-state index in [1.165, 1.54) is 10.9 Å². The van der Waals surface area contributed by atoms with E-state index in [1.54, 1.807) is 9.80 Å². The smallest absolute Gasteiger partial charge is 0.247 e. The second-order valence-electron chi connectivity index (χ2n) is 8.27. The summed E-state index contributed by atoms with van der Waals surface area (Å²) >= 11 is 0. The fraction of sp³-hybridized carbons (Fsp3) is 0.333. The third-order valence-electron chi connectivity index (χ3n) is 6.17. The minimum Gasteiger partial charge on any atom is -0.361 e. The summed E-state index contributed by atoms with van der Waals surface area (Å²) in [6.07, 6.45) is 2.84. The molecule has 2 saturated heterocycles. The SMILES string of the molecule is O=C1C2CN(Cc3ccc4cc[nH]c4c3)CCCN2C(=O)CN1Cc1ccccc1. The van der Waals surface area contributed by atoms with Gasteiger partial charge >= 0.3 is 0 Å². The molecule has 5 rings (SSSR count). The Kier molecular flexibility index (Phi) is 5.01. The fourth-order valence-corrected chi connectivity index (χ4v) is 4.64. The van der Waals surface area contributed by atoms with E-state index < -0.39 is 6.04 Å². The lowest BCUT2D eigenvalue weighted by Gasteiger charge is -2.40. The predicted octanol–water partition coefficient (Wildman–Crippen LogP) is 2.61. The van der Waals surface area contributed by atoms with E-state index in [9.17, 15) is 9.59 Å². The van der Waals surface area contributed by atoms with Gasteiger partial charge in [-0.3, -0.25) is 14.5 Å². The normalized spacial score (nSPS) is 20.5. The van der Waals surface area contributed by atoms with Crippen molar-refractivity contribution in [3.63, 3.8) is 0 Å². The van der Waals surface area contributed by atoms with Crippen molar-refractivity contribution in [2.45, 2.75) is 25.6 Å². The van der Waals surface area contributed by atoms with Gasteiger partial charge < -0.3 is 14.8 Å². The van der Waals surface area contributed by atoms with E-state index in [4.69, 9.17) is 0 Å². The molecule has 6 nitrogen and oxygen atoms in total. The molecule has 2 aliphatic heterocycles. The molecule has 0 bridgehead atoms. The summed E-state index contributed by atoms with van der Waals surface area (Å²) in [5.41, 5.74) is 3.40. The van der Waals surface area contributed by atoms with Gasteiger partial charge in [0.15, 0.2) is 0 Å². The number of carbonyl (C=O) groups excluding carboxylic acids is 2. The zero-order valence-corrected chi connectivity index (χ0v) is 17.0. The van der Waals surface area contributed by atoms with Gasteiger partial charge in [-0.25, -0.2) is 0 Å². The number of aromatic amines is 1. The maximum atomic E-state index is 13.3. The maximum absolute atomic E-state index is 13.3. The lowest BCUT2D eigenvalue weighted by Crippen LogP contribution is -2.61. The first kappa shape index (κ1) is 18.9. The van der Waals surface area contributed by atoms with Gasteiger partial charge in [-0.05, 0) is 35.1 Å². The predicted molar refractivity (Wildman–Crippen MR) is 116 cm³/mol. The summed E-state index contributed by atoms with van der Waals surface area (Å²) in [4.78, 5) is 35.2. The van der Waals surface area contributed by atoms with E-state index in [0.717, 1.165) is 30.6 Å². The molecule has 2 aromatic carbocycles. The van der Waals surface area contributed by atoms with Crippen molar-refractivity contribution in [3.8, 4) is 0 Å². The summed E-state index contributed by atoms with van der Waals surface area (Å²) in [6.45, 7) is 3.56. The Hall–Kier alpha value is -3.12. The molecule has 1 atom stereocenters. The molecule has 6 heteroatoms. The van der Waals surface area contributed by atoms with Crippen molar-refractivity contribution in [2.75, 3.05) is 26.2 Å². The first-order valence-electron chi connectivity index (χ1n) is 10.6. The molecule has 0 spiro atoms. The molecule has 0 radical (unpaired) electrons. The molecule has 2 amide bonds. The standard InChI is InChI=1S/C24H26N4O2/c29-23-17-27(15-18-5-2-1-3-6-18)24(30)22-16-26(11-4-12-28(22)23)14-19-7-8-20-9-10-25-21(20)13-19/h1-3,5-10,13,22,25H,4,11-12,14-17H2.